The van der Waals surface area contributed by atoms with Crippen LogP contribution in [-0.2, 0) is 4.79 Å². The van der Waals surface area contributed by atoms with Gasteiger partial charge in [-0.05, 0) is 38.1 Å². The van der Waals surface area contributed by atoms with Crippen molar-refractivity contribution in [2.24, 2.45) is 17.8 Å². The highest BCUT2D eigenvalue weighted by molar-refractivity contribution is 5.53. The van der Waals surface area contributed by atoms with E-state index in [1.165, 1.54) is 25.8 Å². The number of piperidine rings is 1. The van der Waals surface area contributed by atoms with E-state index in [4.69, 9.17) is 0 Å². The molecule has 12 heavy (non-hydrogen) atoms. The lowest BCUT2D eigenvalue weighted by atomic mass is 9.73. The Kier molecular flexibility index (Phi) is 2.18. The van der Waals surface area contributed by atoms with Gasteiger partial charge in [0.25, 0.3) is 0 Å². The Bertz CT molecular complexity index is 163. The van der Waals surface area contributed by atoms with E-state index in [0.29, 0.717) is 5.92 Å². The van der Waals surface area contributed by atoms with Crippen LogP contribution in [0.5, 0.6) is 0 Å². The highest BCUT2D eigenvalue weighted by Gasteiger charge is 2.33. The SMILES string of the molecule is CN1C[C@@H]2CC(C=O)C[C@@H](C2)C1. The van der Waals surface area contributed by atoms with Crippen LogP contribution in [-0.4, -0.2) is 31.3 Å². The van der Waals surface area contributed by atoms with Gasteiger partial charge >= 0.3 is 0 Å². The zero-order valence-electron chi connectivity index (χ0n) is 7.70. The number of aldehydes is 1. The van der Waals surface area contributed by atoms with Crippen molar-refractivity contribution in [3.05, 3.63) is 0 Å². The molecular formula is C10H17NO. The normalized spacial score (nSPS) is 42.6. The molecule has 68 valence electrons. The Morgan fingerprint density at radius 1 is 1.17 bits per heavy atom. The van der Waals surface area contributed by atoms with Crippen LogP contribution in [0, 0.1) is 17.8 Å². The first kappa shape index (κ1) is 8.24. The van der Waals surface area contributed by atoms with Crippen molar-refractivity contribution in [1.82, 2.24) is 4.90 Å². The average Bonchev–Trinajstić information content (AvgIpc) is 2.02. The lowest BCUT2D eigenvalue weighted by Gasteiger charge is -2.41. The van der Waals surface area contributed by atoms with Crippen molar-refractivity contribution >= 4 is 6.29 Å². The van der Waals surface area contributed by atoms with E-state index in [1.807, 2.05) is 0 Å². The van der Waals surface area contributed by atoms with Gasteiger partial charge in [-0.25, -0.2) is 0 Å². The minimum absolute atomic E-state index is 0.377. The first-order chi connectivity index (χ1) is 5.78. The van der Waals surface area contributed by atoms with E-state index < -0.39 is 0 Å². The summed E-state index contributed by atoms with van der Waals surface area (Å²) in [4.78, 5) is 13.1. The number of hydrogen-bond donors (Lipinski definition) is 0. The lowest BCUT2D eigenvalue weighted by Crippen LogP contribution is -2.42. The molecule has 2 aliphatic rings. The van der Waals surface area contributed by atoms with Crippen LogP contribution in [0.4, 0.5) is 0 Å². The molecule has 1 aliphatic heterocycles. The molecule has 0 amide bonds. The molecule has 0 aromatic heterocycles. The summed E-state index contributed by atoms with van der Waals surface area (Å²) in [5, 5.41) is 0. The molecule has 1 saturated carbocycles. The highest BCUT2D eigenvalue weighted by Crippen LogP contribution is 2.36. The number of fused-ring (bicyclic) bond motifs is 2. The van der Waals surface area contributed by atoms with Gasteiger partial charge in [-0.2, -0.15) is 0 Å². The van der Waals surface area contributed by atoms with Gasteiger partial charge in [0.2, 0.25) is 0 Å². The van der Waals surface area contributed by atoms with Crippen molar-refractivity contribution in [2.45, 2.75) is 19.3 Å². The van der Waals surface area contributed by atoms with E-state index in [9.17, 15) is 4.79 Å². The molecule has 2 fully saturated rings. The van der Waals surface area contributed by atoms with E-state index in [0.717, 1.165) is 24.7 Å². The van der Waals surface area contributed by atoms with Crippen molar-refractivity contribution < 1.29 is 4.79 Å². The predicted molar refractivity (Wildman–Crippen MR) is 47.9 cm³/mol. The van der Waals surface area contributed by atoms with E-state index in [-0.39, 0.29) is 0 Å². The molecule has 2 rings (SSSR count). The van der Waals surface area contributed by atoms with Gasteiger partial charge in [-0.1, -0.05) is 0 Å². The van der Waals surface area contributed by atoms with Crippen molar-refractivity contribution in [3.8, 4) is 0 Å². The summed E-state index contributed by atoms with van der Waals surface area (Å²) in [7, 11) is 2.19. The summed E-state index contributed by atoms with van der Waals surface area (Å²) in [5.41, 5.74) is 0. The predicted octanol–water partition coefficient (Wildman–Crippen LogP) is 1.16. The third-order valence-corrected chi connectivity index (χ3v) is 3.27. The molecule has 0 radical (unpaired) electrons. The Labute approximate surface area is 73.9 Å². The first-order valence-electron chi connectivity index (χ1n) is 4.91. The molecule has 0 spiro atoms. The summed E-state index contributed by atoms with van der Waals surface area (Å²) in [5.74, 6) is 1.98. The molecule has 0 N–H and O–H groups in total. The zero-order chi connectivity index (χ0) is 8.55. The minimum Gasteiger partial charge on any atom is -0.306 e. The zero-order valence-corrected chi connectivity index (χ0v) is 7.70. The number of likely N-dealkylation sites (tertiary alicyclic amines) is 1. The first-order valence-corrected chi connectivity index (χ1v) is 4.91. The van der Waals surface area contributed by atoms with Gasteiger partial charge in [0.15, 0.2) is 0 Å². The number of carbonyl (C=O) groups excluding carboxylic acids is 1. The molecule has 3 atom stereocenters. The number of rotatable bonds is 1. The Balaban J connectivity index is 2.00. The van der Waals surface area contributed by atoms with Crippen molar-refractivity contribution in [3.63, 3.8) is 0 Å². The Hall–Kier alpha value is -0.370. The standard InChI is InChI=1S/C10H17NO/c1-11-5-8-2-9(6-11)4-10(3-8)7-12/h7-10H,2-6H2,1H3/t8-,9+,10?. The minimum atomic E-state index is 0.377. The third-order valence-electron chi connectivity index (χ3n) is 3.27. The summed E-state index contributed by atoms with van der Waals surface area (Å²) in [6.45, 7) is 2.42. The number of carbonyl (C=O) groups is 1. The third kappa shape index (κ3) is 1.53. The van der Waals surface area contributed by atoms with Gasteiger partial charge in [0.05, 0.1) is 0 Å². The molecule has 2 heteroatoms. The summed E-state index contributed by atoms with van der Waals surface area (Å²) in [6.07, 6.45) is 4.83. The number of nitrogens with zero attached hydrogens (tertiary/aromatic N) is 1. The van der Waals surface area contributed by atoms with E-state index in [1.54, 1.807) is 0 Å². The summed E-state index contributed by atoms with van der Waals surface area (Å²) in [6, 6.07) is 0. The van der Waals surface area contributed by atoms with E-state index in [2.05, 4.69) is 11.9 Å². The van der Waals surface area contributed by atoms with Gasteiger partial charge < -0.3 is 9.69 Å². The topological polar surface area (TPSA) is 20.3 Å². The fourth-order valence-electron chi connectivity index (χ4n) is 2.98. The van der Waals surface area contributed by atoms with Crippen LogP contribution < -0.4 is 0 Å². The second-order valence-corrected chi connectivity index (χ2v) is 4.56. The van der Waals surface area contributed by atoms with Crippen molar-refractivity contribution in [2.75, 3.05) is 20.1 Å². The van der Waals surface area contributed by atoms with Crippen LogP contribution in [0.25, 0.3) is 0 Å². The monoisotopic (exact) mass is 167 g/mol. The quantitative estimate of drug-likeness (QED) is 0.546. The number of hydrogen-bond acceptors (Lipinski definition) is 2. The van der Waals surface area contributed by atoms with Crippen LogP contribution in [0.3, 0.4) is 0 Å². The maximum absolute atomic E-state index is 10.7. The second kappa shape index (κ2) is 3.17. The smallest absolute Gasteiger partial charge is 0.123 e. The molecule has 2 bridgehead atoms. The van der Waals surface area contributed by atoms with Gasteiger partial charge in [0.1, 0.15) is 6.29 Å². The van der Waals surface area contributed by atoms with Gasteiger partial charge in [-0.3, -0.25) is 0 Å². The maximum atomic E-state index is 10.7. The van der Waals surface area contributed by atoms with Crippen LogP contribution in [0.15, 0.2) is 0 Å². The van der Waals surface area contributed by atoms with Crippen LogP contribution in [0.1, 0.15) is 19.3 Å². The molecular weight excluding hydrogens is 150 g/mol. The molecule has 1 unspecified atom stereocenters. The molecule has 0 aromatic rings. The Morgan fingerprint density at radius 2 is 1.75 bits per heavy atom. The highest BCUT2D eigenvalue weighted by atomic mass is 16.1. The van der Waals surface area contributed by atoms with Crippen molar-refractivity contribution in [1.29, 1.82) is 0 Å². The molecule has 1 heterocycles. The molecule has 1 saturated heterocycles. The van der Waals surface area contributed by atoms with Gasteiger partial charge in [0, 0.05) is 19.0 Å². The summed E-state index contributed by atoms with van der Waals surface area (Å²) >= 11 is 0. The van der Waals surface area contributed by atoms with E-state index >= 15 is 0 Å². The van der Waals surface area contributed by atoms with Crippen LogP contribution in [0.2, 0.25) is 0 Å². The lowest BCUT2D eigenvalue weighted by molar-refractivity contribution is -0.113. The average molecular weight is 167 g/mol. The molecule has 1 aliphatic carbocycles. The summed E-state index contributed by atoms with van der Waals surface area (Å²) < 4.78 is 0. The maximum Gasteiger partial charge on any atom is 0.123 e. The van der Waals surface area contributed by atoms with Crippen LogP contribution >= 0.6 is 0 Å². The van der Waals surface area contributed by atoms with Gasteiger partial charge in [-0.15, -0.1) is 0 Å². The molecule has 0 aromatic carbocycles. The fourth-order valence-corrected chi connectivity index (χ4v) is 2.98. The second-order valence-electron chi connectivity index (χ2n) is 4.56. The Morgan fingerprint density at radius 3 is 2.25 bits per heavy atom. The largest absolute Gasteiger partial charge is 0.306 e. The fraction of sp³-hybridized carbons (Fsp3) is 0.900. The molecule has 2 nitrogen and oxygen atoms in total.